The minimum atomic E-state index is -4.42. The minimum absolute atomic E-state index is 0.145. The highest BCUT2D eigenvalue weighted by Crippen LogP contribution is 2.51. The van der Waals surface area contributed by atoms with Crippen LogP contribution in [0.5, 0.6) is 0 Å². The molecule has 22 nitrogen and oxygen atoms in total. The predicted molar refractivity (Wildman–Crippen MR) is 269 cm³/mol. The molecule has 432 valence electrons. The number of aliphatic hydroxyl groups excluding tert-OH is 1. The molecule has 0 aliphatic carbocycles. The Morgan fingerprint density at radius 3 is 1.55 bits per heavy atom. The van der Waals surface area contributed by atoms with Gasteiger partial charge in [-0.1, -0.05) is 105 Å². The lowest BCUT2D eigenvalue weighted by Gasteiger charge is -2.25. The maximum absolute atomic E-state index is 15.0. The Labute approximate surface area is 436 Å². The summed E-state index contributed by atoms with van der Waals surface area (Å²) in [6.07, 6.45) is 5.97. The first-order chi connectivity index (χ1) is 35.5. The SMILES string of the molecule is CCCCCCOCC(COP(=O)(OC)OCC(COP(=O)(OC)OCC(COCCCCCC)OCCCCCC)OC(=O)CCC(=O)OC[C@H]1O[C@@H](n2ccc(N)nc2=O)C(F)(F)[C@@H]1O)OCCCCCC. The topological polar surface area (TPSA) is 269 Å². The zero-order chi connectivity index (χ0) is 54.7. The number of halogens is 2. The summed E-state index contributed by atoms with van der Waals surface area (Å²) >= 11 is 0. The molecule has 0 amide bonds. The molecule has 4 unspecified atom stereocenters. The summed E-state index contributed by atoms with van der Waals surface area (Å²) in [5.41, 5.74) is 4.29. The molecule has 0 aromatic carbocycles. The standard InChI is InChI=1S/C48H87F2N3O19P2/c1-7-11-15-19-27-62-31-38(64-29-21-17-13-9-3)33-67-73(58,60-5)69-35-40(36-70-74(59,61-6)68-34-39(65-30-22-18-14-10-4)32-63-28-20-16-12-8-2)71-44(55)24-23-43(54)66-37-41-45(56)48(49,50)46(72-41)53-26-25-42(51)52-47(53)57/h25-26,38-41,45-46,56H,7-24,27-37H2,1-6H3,(H2,51,52,57)/t38?,39?,40?,41-,45-,46-,73?,74?/m1/s1. The zero-order valence-corrected chi connectivity index (χ0v) is 46.3. The second kappa shape index (κ2) is 38.9. The molecule has 0 saturated carbocycles. The number of ether oxygens (including phenoxy) is 7. The Balaban J connectivity index is 2.18. The Hall–Kier alpha value is -2.54. The van der Waals surface area contributed by atoms with E-state index >= 15 is 8.78 Å². The monoisotopic (exact) mass is 1110 g/mol. The minimum Gasteiger partial charge on any atom is -0.463 e. The average molecular weight is 1110 g/mol. The molecule has 0 radical (unpaired) electrons. The van der Waals surface area contributed by atoms with Crippen LogP contribution in [0, 0.1) is 0 Å². The van der Waals surface area contributed by atoms with Crippen LogP contribution in [0.2, 0.25) is 0 Å². The Morgan fingerprint density at radius 1 is 0.689 bits per heavy atom. The van der Waals surface area contributed by atoms with E-state index in [4.69, 9.17) is 66.0 Å². The number of hydrogen-bond acceptors (Lipinski definition) is 21. The number of carbonyl (C=O) groups is 2. The average Bonchev–Trinajstić information content (AvgIpc) is 3.61. The van der Waals surface area contributed by atoms with Gasteiger partial charge in [0.05, 0.1) is 52.5 Å². The number of carbonyl (C=O) groups excluding carboxylic acids is 2. The molecule has 0 bridgehead atoms. The molecule has 1 fully saturated rings. The number of anilines is 1. The first-order valence-electron chi connectivity index (χ1n) is 26.2. The number of alkyl halides is 2. The fraction of sp³-hybridized carbons (Fsp3) is 0.875. The van der Waals surface area contributed by atoms with Crippen molar-refractivity contribution < 1.29 is 92.9 Å². The molecule has 1 aliphatic rings. The van der Waals surface area contributed by atoms with Gasteiger partial charge >= 0.3 is 39.2 Å². The van der Waals surface area contributed by atoms with Crippen molar-refractivity contribution in [3.05, 3.63) is 22.7 Å². The van der Waals surface area contributed by atoms with E-state index in [1.165, 1.54) is 0 Å². The molecule has 2 rings (SSSR count). The van der Waals surface area contributed by atoms with Crippen LogP contribution in [0.1, 0.15) is 149 Å². The molecule has 74 heavy (non-hydrogen) atoms. The molecule has 1 aromatic heterocycles. The third-order valence-electron chi connectivity index (χ3n) is 11.4. The van der Waals surface area contributed by atoms with Gasteiger partial charge in [-0.05, 0) is 31.7 Å². The molecule has 2 heterocycles. The van der Waals surface area contributed by atoms with Gasteiger partial charge in [-0.15, -0.1) is 0 Å². The van der Waals surface area contributed by atoms with Crippen molar-refractivity contribution in [2.24, 2.45) is 0 Å². The van der Waals surface area contributed by atoms with Crippen molar-refractivity contribution in [3.63, 3.8) is 0 Å². The van der Waals surface area contributed by atoms with E-state index in [1.807, 2.05) is 0 Å². The van der Waals surface area contributed by atoms with Gasteiger partial charge < -0.3 is 44.0 Å². The van der Waals surface area contributed by atoms with E-state index in [9.17, 15) is 28.6 Å². The molecule has 1 aliphatic heterocycles. The summed E-state index contributed by atoms with van der Waals surface area (Å²) in [5, 5.41) is 10.3. The summed E-state index contributed by atoms with van der Waals surface area (Å²) < 4.78 is 131. The fourth-order valence-corrected chi connectivity index (χ4v) is 9.01. The molecule has 1 saturated heterocycles. The summed E-state index contributed by atoms with van der Waals surface area (Å²) in [4.78, 5) is 41.6. The van der Waals surface area contributed by atoms with Crippen LogP contribution in [0.3, 0.4) is 0 Å². The van der Waals surface area contributed by atoms with Gasteiger partial charge in [-0.2, -0.15) is 13.8 Å². The van der Waals surface area contributed by atoms with Crippen LogP contribution in [-0.2, 0) is 79.0 Å². The van der Waals surface area contributed by atoms with E-state index in [2.05, 4.69) is 32.7 Å². The number of phosphoric acid groups is 2. The number of nitrogens with two attached hydrogens (primary N) is 1. The lowest BCUT2D eigenvalue weighted by Crippen LogP contribution is -2.42. The number of phosphoric ester groups is 2. The maximum Gasteiger partial charge on any atom is 0.474 e. The van der Waals surface area contributed by atoms with E-state index in [1.54, 1.807) is 0 Å². The first-order valence-corrected chi connectivity index (χ1v) is 29.1. The third kappa shape index (κ3) is 27.7. The van der Waals surface area contributed by atoms with Crippen molar-refractivity contribution in [1.29, 1.82) is 0 Å². The van der Waals surface area contributed by atoms with Crippen LogP contribution >= 0.6 is 15.6 Å². The summed E-state index contributed by atoms with van der Waals surface area (Å²) in [7, 11) is -6.66. The number of rotatable bonds is 47. The number of nitrogen functional groups attached to an aromatic ring is 1. The van der Waals surface area contributed by atoms with Crippen LogP contribution in [0.25, 0.3) is 0 Å². The molecule has 7 atom stereocenters. The van der Waals surface area contributed by atoms with Crippen molar-refractivity contribution >= 4 is 33.4 Å². The summed E-state index contributed by atoms with van der Waals surface area (Å²) in [6, 6.07) is 1.09. The number of esters is 2. The highest BCUT2D eigenvalue weighted by atomic mass is 31.2. The van der Waals surface area contributed by atoms with Crippen molar-refractivity contribution in [1.82, 2.24) is 9.55 Å². The Kier molecular flexibility index (Phi) is 35.5. The highest BCUT2D eigenvalue weighted by Gasteiger charge is 2.60. The van der Waals surface area contributed by atoms with E-state index in [-0.39, 0.29) is 32.2 Å². The van der Waals surface area contributed by atoms with Crippen LogP contribution in [0.15, 0.2) is 17.1 Å². The number of nitrogens with zero attached hydrogens (tertiary/aromatic N) is 2. The molecule has 0 spiro atoms. The smallest absolute Gasteiger partial charge is 0.463 e. The fourth-order valence-electron chi connectivity index (χ4n) is 7.04. The largest absolute Gasteiger partial charge is 0.474 e. The number of unbranched alkanes of at least 4 members (excludes halogenated alkanes) is 12. The van der Waals surface area contributed by atoms with Crippen LogP contribution in [0.4, 0.5) is 14.6 Å². The number of aliphatic hydroxyl groups is 1. The quantitative estimate of drug-likeness (QED) is 0.0351. The van der Waals surface area contributed by atoms with Crippen molar-refractivity contribution in [2.75, 3.05) is 92.6 Å². The number of aromatic nitrogens is 2. The van der Waals surface area contributed by atoms with Gasteiger partial charge in [0.1, 0.15) is 36.8 Å². The molecular weight excluding hydrogens is 1020 g/mol. The molecule has 26 heteroatoms. The predicted octanol–water partition coefficient (Wildman–Crippen LogP) is 8.65. The summed E-state index contributed by atoms with van der Waals surface area (Å²) in [5.74, 6) is -6.36. The first kappa shape index (κ1) is 67.6. The number of hydrogen-bond donors (Lipinski definition) is 2. The van der Waals surface area contributed by atoms with Gasteiger partial charge in [0, 0.05) is 46.8 Å². The maximum atomic E-state index is 15.0. The van der Waals surface area contributed by atoms with Crippen LogP contribution < -0.4 is 11.4 Å². The zero-order valence-electron chi connectivity index (χ0n) is 44.5. The van der Waals surface area contributed by atoms with Gasteiger partial charge in [0.2, 0.25) is 6.23 Å². The lowest BCUT2D eigenvalue weighted by molar-refractivity contribution is -0.158. The van der Waals surface area contributed by atoms with E-state index in [0.717, 1.165) is 129 Å². The molecular formula is C48H87F2N3O19P2. The normalized spacial score (nSPS) is 19.4. The third-order valence-corrected chi connectivity index (χ3v) is 14.2. The lowest BCUT2D eigenvalue weighted by atomic mass is 10.1. The van der Waals surface area contributed by atoms with Gasteiger partial charge in [-0.3, -0.25) is 41.3 Å². The molecule has 1 aromatic rings. The highest BCUT2D eigenvalue weighted by molar-refractivity contribution is 7.48. The Morgan fingerprint density at radius 2 is 1.12 bits per heavy atom. The van der Waals surface area contributed by atoms with Crippen molar-refractivity contribution in [2.45, 2.75) is 186 Å². The second-order valence-electron chi connectivity index (χ2n) is 17.8. The van der Waals surface area contributed by atoms with Crippen LogP contribution in [-0.4, -0.2) is 150 Å². The molecule has 3 N–H and O–H groups in total. The van der Waals surface area contributed by atoms with E-state index < -0.39 is 109 Å². The second-order valence-corrected chi connectivity index (χ2v) is 21.4. The van der Waals surface area contributed by atoms with Gasteiger partial charge in [0.15, 0.2) is 6.10 Å². The van der Waals surface area contributed by atoms with E-state index in [0.29, 0.717) is 31.0 Å². The summed E-state index contributed by atoms with van der Waals surface area (Å²) in [6.45, 7) is 7.68. The van der Waals surface area contributed by atoms with Crippen molar-refractivity contribution in [3.8, 4) is 0 Å². The van der Waals surface area contributed by atoms with Gasteiger partial charge in [0.25, 0.3) is 0 Å². The van der Waals surface area contributed by atoms with Gasteiger partial charge in [-0.25, -0.2) is 13.9 Å². The Bertz CT molecular complexity index is 1760.